The molecule has 0 fully saturated rings. The number of sulfonamides is 1. The molecule has 2 rings (SSSR count). The molecule has 2 aromatic carbocycles. The number of unbranched alkanes of at least 4 members (excludes halogenated alkanes) is 6. The second-order valence-electron chi connectivity index (χ2n) is 11.7. The maximum atomic E-state index is 13.6. The smallest absolute Gasteiger partial charge is 0.269 e. The number of carbonyl (C=O) groups is 4. The normalized spacial score (nSPS) is 12.4. The van der Waals surface area contributed by atoms with Crippen molar-refractivity contribution in [1.82, 2.24) is 10.9 Å². The summed E-state index contributed by atoms with van der Waals surface area (Å²) in [4.78, 5) is 43.9. The highest BCUT2D eigenvalue weighted by molar-refractivity contribution is 7.92. The van der Waals surface area contributed by atoms with E-state index < -0.39 is 22.0 Å². The van der Waals surface area contributed by atoms with E-state index in [0.29, 0.717) is 70.5 Å². The lowest BCUT2D eigenvalue weighted by atomic mass is 10.1. The van der Waals surface area contributed by atoms with Crippen LogP contribution < -0.4 is 25.0 Å². The average Bonchev–Trinajstić information content (AvgIpc) is 3.11. The van der Waals surface area contributed by atoms with Gasteiger partial charge >= 0.3 is 0 Å². The molecule has 0 saturated heterocycles. The van der Waals surface area contributed by atoms with Gasteiger partial charge in [-0.3, -0.25) is 25.2 Å². The summed E-state index contributed by atoms with van der Waals surface area (Å²) in [5.41, 5.74) is 4.68. The minimum absolute atomic E-state index is 0.0660. The molecule has 2 aromatic rings. The molecule has 13 nitrogen and oxygen atoms in total. The Morgan fingerprint density at radius 1 is 0.740 bits per heavy atom. The molecule has 0 saturated carbocycles. The van der Waals surface area contributed by atoms with Gasteiger partial charge in [-0.25, -0.2) is 8.42 Å². The quantitative estimate of drug-likeness (QED) is 0.0529. The first-order valence-electron chi connectivity index (χ1n) is 17.4. The van der Waals surface area contributed by atoms with Gasteiger partial charge in [-0.2, -0.15) is 0 Å². The van der Waals surface area contributed by atoms with Crippen LogP contribution in [-0.2, 0) is 33.9 Å². The number of aldehydes is 2. The third-order valence-electron chi connectivity index (χ3n) is 7.54. The molecule has 2 atom stereocenters. The van der Waals surface area contributed by atoms with Crippen LogP contribution in [-0.4, -0.2) is 71.9 Å². The fourth-order valence-corrected chi connectivity index (χ4v) is 5.91. The maximum Gasteiger partial charge on any atom is 0.269 e. The van der Waals surface area contributed by atoms with Crippen molar-refractivity contribution < 1.29 is 46.5 Å². The van der Waals surface area contributed by atoms with Crippen molar-refractivity contribution in [3.63, 3.8) is 0 Å². The van der Waals surface area contributed by atoms with Gasteiger partial charge in [0.2, 0.25) is 6.41 Å². The minimum atomic E-state index is -4.12. The first kappa shape index (κ1) is 42.2. The van der Waals surface area contributed by atoms with Crippen LogP contribution in [0.25, 0.3) is 0 Å². The second-order valence-corrected chi connectivity index (χ2v) is 13.4. The van der Waals surface area contributed by atoms with Gasteiger partial charge in [0.15, 0.2) is 11.5 Å². The molecule has 0 spiro atoms. The Hall–Kier alpha value is -4.01. The Morgan fingerprint density at radius 3 is 1.82 bits per heavy atom. The summed E-state index contributed by atoms with van der Waals surface area (Å²) in [5.74, 6) is 0.0363. The number of carbonyl (C=O) groups excluding carboxylic acids is 4. The lowest BCUT2D eigenvalue weighted by Gasteiger charge is -2.25. The van der Waals surface area contributed by atoms with E-state index in [-0.39, 0.29) is 34.6 Å². The number of anilines is 1. The van der Waals surface area contributed by atoms with Crippen molar-refractivity contribution in [1.29, 1.82) is 0 Å². The zero-order valence-electron chi connectivity index (χ0n) is 29.2. The van der Waals surface area contributed by atoms with E-state index in [1.165, 1.54) is 36.4 Å². The number of ether oxygens (including phenoxy) is 4. The van der Waals surface area contributed by atoms with E-state index in [0.717, 1.165) is 51.1 Å². The first-order valence-corrected chi connectivity index (χ1v) is 18.9. The molecule has 0 radical (unpaired) electrons. The zero-order valence-corrected chi connectivity index (χ0v) is 30.0. The van der Waals surface area contributed by atoms with E-state index in [2.05, 4.69) is 29.4 Å². The molecule has 2 amide bonds. The Labute approximate surface area is 296 Å². The lowest BCUT2D eigenvalue weighted by Crippen LogP contribution is -2.36. The van der Waals surface area contributed by atoms with Gasteiger partial charge in [0.25, 0.3) is 15.9 Å². The summed E-state index contributed by atoms with van der Waals surface area (Å²) in [6, 6.07) is 10.1. The highest BCUT2D eigenvalue weighted by atomic mass is 32.2. The number of amides is 2. The van der Waals surface area contributed by atoms with Crippen LogP contribution in [0, 0.1) is 0 Å². The molecule has 278 valence electrons. The van der Waals surface area contributed by atoms with Crippen molar-refractivity contribution in [2.24, 2.45) is 0 Å². The zero-order chi connectivity index (χ0) is 36.5. The fourth-order valence-electron chi connectivity index (χ4n) is 4.84. The van der Waals surface area contributed by atoms with Gasteiger partial charge < -0.3 is 28.5 Å². The molecule has 14 heteroatoms. The van der Waals surface area contributed by atoms with Gasteiger partial charge in [-0.05, 0) is 74.9 Å². The van der Waals surface area contributed by atoms with Crippen molar-refractivity contribution >= 4 is 40.6 Å². The summed E-state index contributed by atoms with van der Waals surface area (Å²) in [6.45, 7) is 5.57. The number of hydrazine groups is 1. The van der Waals surface area contributed by atoms with E-state index >= 15 is 0 Å². The Bertz CT molecular complexity index is 1390. The third kappa shape index (κ3) is 16.6. The molecule has 0 heterocycles. The number of nitrogens with one attached hydrogen (secondary N) is 3. The summed E-state index contributed by atoms with van der Waals surface area (Å²) in [6.07, 6.45) is 10.5. The van der Waals surface area contributed by atoms with E-state index in [4.69, 9.17) is 18.9 Å². The Morgan fingerprint density at radius 2 is 1.30 bits per heavy atom. The monoisotopic (exact) mass is 719 g/mol. The standard InChI is InChI=1S/C36H53N3O10S/c1-3-5-7-13-31(26-46-23-11-9-21-40)48-34-20-19-33(25-35(34)49-32(14-8-6-4-2)27-47-24-12-10-22-41)50(44,45)39-30-17-15-29(16-18-30)36(43)38-37-28-42/h15-22,25,28,31-32,39H,3-14,23-24,26-27H2,1-2H3,(H,37,42)(H,38,43). The summed E-state index contributed by atoms with van der Waals surface area (Å²) in [5, 5.41) is 0. The highest BCUT2D eigenvalue weighted by Gasteiger charge is 2.23. The molecular weight excluding hydrogens is 666 g/mol. The van der Waals surface area contributed by atoms with E-state index in [1.54, 1.807) is 6.07 Å². The predicted octanol–water partition coefficient (Wildman–Crippen LogP) is 5.53. The van der Waals surface area contributed by atoms with E-state index in [9.17, 15) is 27.6 Å². The summed E-state index contributed by atoms with van der Waals surface area (Å²) >= 11 is 0. The van der Waals surface area contributed by atoms with Gasteiger partial charge in [-0.1, -0.05) is 39.5 Å². The lowest BCUT2D eigenvalue weighted by molar-refractivity contribution is -0.110. The third-order valence-corrected chi connectivity index (χ3v) is 8.92. The predicted molar refractivity (Wildman–Crippen MR) is 190 cm³/mol. The van der Waals surface area contributed by atoms with Crippen molar-refractivity contribution in [2.45, 2.75) is 108 Å². The molecular formula is C36H53N3O10S. The Kier molecular flexibility index (Phi) is 21.1. The van der Waals surface area contributed by atoms with Crippen LogP contribution in [0.5, 0.6) is 11.5 Å². The molecule has 50 heavy (non-hydrogen) atoms. The number of hydrogen-bond donors (Lipinski definition) is 3. The first-order chi connectivity index (χ1) is 24.3. The topological polar surface area (TPSA) is 175 Å². The maximum absolute atomic E-state index is 13.6. The Balaban J connectivity index is 2.39. The molecule has 0 bridgehead atoms. The average molecular weight is 720 g/mol. The van der Waals surface area contributed by atoms with Gasteiger partial charge in [0, 0.05) is 43.4 Å². The van der Waals surface area contributed by atoms with Crippen LogP contribution in [0.4, 0.5) is 5.69 Å². The SMILES string of the molecule is CCCCCC(COCCCC=O)Oc1ccc(S(=O)(=O)Nc2ccc(C(=O)NNC=O)cc2)cc1OC(CCCCC)COCCCC=O. The minimum Gasteiger partial charge on any atom is -0.484 e. The second kappa shape index (κ2) is 25.0. The summed E-state index contributed by atoms with van der Waals surface area (Å²) in [7, 11) is -4.12. The van der Waals surface area contributed by atoms with Crippen LogP contribution in [0.2, 0.25) is 0 Å². The summed E-state index contributed by atoms with van der Waals surface area (Å²) < 4.78 is 54.3. The molecule has 0 aliphatic rings. The molecule has 2 unspecified atom stereocenters. The van der Waals surface area contributed by atoms with Gasteiger partial charge in [-0.15, -0.1) is 0 Å². The number of hydrogen-bond acceptors (Lipinski definition) is 10. The van der Waals surface area contributed by atoms with Crippen molar-refractivity contribution in [3.8, 4) is 11.5 Å². The molecule has 0 aliphatic heterocycles. The molecule has 0 aliphatic carbocycles. The van der Waals surface area contributed by atoms with Crippen LogP contribution in [0.3, 0.4) is 0 Å². The van der Waals surface area contributed by atoms with Crippen LogP contribution in [0.15, 0.2) is 47.4 Å². The highest BCUT2D eigenvalue weighted by Crippen LogP contribution is 2.34. The number of rotatable bonds is 30. The molecule has 3 N–H and O–H groups in total. The van der Waals surface area contributed by atoms with Crippen LogP contribution in [0.1, 0.15) is 101 Å². The fraction of sp³-hybridized carbons (Fsp3) is 0.556. The largest absolute Gasteiger partial charge is 0.484 e. The van der Waals surface area contributed by atoms with Gasteiger partial charge in [0.05, 0.1) is 18.1 Å². The van der Waals surface area contributed by atoms with Crippen LogP contribution >= 0.6 is 0 Å². The van der Waals surface area contributed by atoms with Crippen molar-refractivity contribution in [2.75, 3.05) is 31.1 Å². The molecule has 0 aromatic heterocycles. The number of benzene rings is 2. The van der Waals surface area contributed by atoms with Crippen molar-refractivity contribution in [3.05, 3.63) is 48.0 Å². The van der Waals surface area contributed by atoms with Gasteiger partial charge in [0.1, 0.15) is 24.8 Å². The van der Waals surface area contributed by atoms with E-state index in [1.807, 2.05) is 0 Å².